The molecule has 90 valence electrons. The molecule has 0 bridgehead atoms. The SMILES string of the molecule is CC(C)n1nc(-c2cnccn2)cc1CCN. The second-order valence-corrected chi connectivity index (χ2v) is 4.19. The van der Waals surface area contributed by atoms with Crippen molar-refractivity contribution < 1.29 is 0 Å². The van der Waals surface area contributed by atoms with Crippen molar-refractivity contribution in [2.75, 3.05) is 6.54 Å². The van der Waals surface area contributed by atoms with Gasteiger partial charge in [0.25, 0.3) is 0 Å². The van der Waals surface area contributed by atoms with E-state index in [9.17, 15) is 0 Å². The van der Waals surface area contributed by atoms with Crippen LogP contribution in [-0.2, 0) is 6.42 Å². The van der Waals surface area contributed by atoms with Crippen LogP contribution in [0.1, 0.15) is 25.6 Å². The van der Waals surface area contributed by atoms with Crippen molar-refractivity contribution in [2.24, 2.45) is 5.73 Å². The quantitative estimate of drug-likeness (QED) is 0.864. The Morgan fingerprint density at radius 1 is 1.29 bits per heavy atom. The van der Waals surface area contributed by atoms with E-state index in [-0.39, 0.29) is 0 Å². The second kappa shape index (κ2) is 5.05. The van der Waals surface area contributed by atoms with Gasteiger partial charge in [0.1, 0.15) is 11.4 Å². The van der Waals surface area contributed by atoms with Crippen LogP contribution in [0.25, 0.3) is 11.4 Å². The average molecular weight is 231 g/mol. The van der Waals surface area contributed by atoms with Crippen molar-refractivity contribution in [3.63, 3.8) is 0 Å². The molecule has 2 N–H and O–H groups in total. The molecule has 2 aromatic rings. The van der Waals surface area contributed by atoms with Crippen molar-refractivity contribution in [2.45, 2.75) is 26.3 Å². The second-order valence-electron chi connectivity index (χ2n) is 4.19. The van der Waals surface area contributed by atoms with Gasteiger partial charge in [-0.05, 0) is 26.5 Å². The average Bonchev–Trinajstić information content (AvgIpc) is 2.75. The van der Waals surface area contributed by atoms with Gasteiger partial charge >= 0.3 is 0 Å². The van der Waals surface area contributed by atoms with Crippen molar-refractivity contribution in [1.29, 1.82) is 0 Å². The number of nitrogens with two attached hydrogens (primary N) is 1. The van der Waals surface area contributed by atoms with Crippen LogP contribution >= 0.6 is 0 Å². The molecule has 0 aliphatic rings. The Morgan fingerprint density at radius 3 is 2.71 bits per heavy atom. The molecule has 17 heavy (non-hydrogen) atoms. The molecule has 2 aromatic heterocycles. The lowest BCUT2D eigenvalue weighted by Gasteiger charge is -2.09. The lowest BCUT2D eigenvalue weighted by atomic mass is 10.2. The van der Waals surface area contributed by atoms with Gasteiger partial charge in [-0.1, -0.05) is 0 Å². The third-order valence-corrected chi connectivity index (χ3v) is 2.53. The van der Waals surface area contributed by atoms with Gasteiger partial charge in [-0.3, -0.25) is 14.6 Å². The van der Waals surface area contributed by atoms with Crippen molar-refractivity contribution in [3.8, 4) is 11.4 Å². The third kappa shape index (κ3) is 2.50. The molecule has 0 saturated carbocycles. The summed E-state index contributed by atoms with van der Waals surface area (Å²) in [5, 5.41) is 4.56. The molecule has 0 aliphatic carbocycles. The van der Waals surface area contributed by atoms with Crippen LogP contribution in [0.2, 0.25) is 0 Å². The summed E-state index contributed by atoms with van der Waals surface area (Å²) in [7, 11) is 0. The normalized spacial score (nSPS) is 11.1. The third-order valence-electron chi connectivity index (χ3n) is 2.53. The van der Waals surface area contributed by atoms with E-state index in [0.717, 1.165) is 23.5 Å². The highest BCUT2D eigenvalue weighted by Crippen LogP contribution is 2.19. The highest BCUT2D eigenvalue weighted by Gasteiger charge is 2.11. The molecule has 0 radical (unpaired) electrons. The fraction of sp³-hybridized carbons (Fsp3) is 0.417. The van der Waals surface area contributed by atoms with Crippen LogP contribution in [0.15, 0.2) is 24.7 Å². The van der Waals surface area contributed by atoms with E-state index in [0.29, 0.717) is 12.6 Å². The zero-order valence-electron chi connectivity index (χ0n) is 10.2. The van der Waals surface area contributed by atoms with Gasteiger partial charge in [-0.2, -0.15) is 5.10 Å². The zero-order chi connectivity index (χ0) is 12.3. The molecule has 0 atom stereocenters. The summed E-state index contributed by atoms with van der Waals surface area (Å²) in [4.78, 5) is 8.31. The molecule has 0 amide bonds. The first kappa shape index (κ1) is 11.7. The van der Waals surface area contributed by atoms with E-state index in [2.05, 4.69) is 28.9 Å². The summed E-state index contributed by atoms with van der Waals surface area (Å²) in [5.74, 6) is 0. The smallest absolute Gasteiger partial charge is 0.113 e. The number of hydrogen-bond donors (Lipinski definition) is 1. The molecule has 0 unspecified atom stereocenters. The minimum Gasteiger partial charge on any atom is -0.330 e. The Labute approximate surface area is 101 Å². The van der Waals surface area contributed by atoms with Gasteiger partial charge in [0.15, 0.2) is 0 Å². The van der Waals surface area contributed by atoms with Crippen LogP contribution in [0, 0.1) is 0 Å². The molecule has 0 fully saturated rings. The molecule has 0 aromatic carbocycles. The van der Waals surface area contributed by atoms with E-state index in [4.69, 9.17) is 5.73 Å². The van der Waals surface area contributed by atoms with Gasteiger partial charge in [0.05, 0.1) is 6.20 Å². The fourth-order valence-electron chi connectivity index (χ4n) is 1.77. The molecule has 5 nitrogen and oxygen atoms in total. The summed E-state index contributed by atoms with van der Waals surface area (Å²) in [6.45, 7) is 4.83. The van der Waals surface area contributed by atoms with Gasteiger partial charge in [0, 0.05) is 30.6 Å². The summed E-state index contributed by atoms with van der Waals surface area (Å²) >= 11 is 0. The highest BCUT2D eigenvalue weighted by molar-refractivity contribution is 5.52. The first-order valence-corrected chi connectivity index (χ1v) is 5.77. The number of hydrogen-bond acceptors (Lipinski definition) is 4. The Morgan fingerprint density at radius 2 is 2.12 bits per heavy atom. The Bertz CT molecular complexity index is 475. The summed E-state index contributed by atoms with van der Waals surface area (Å²) in [6, 6.07) is 2.36. The minimum atomic E-state index is 0.321. The van der Waals surface area contributed by atoms with Crippen LogP contribution in [-0.4, -0.2) is 26.3 Å². The summed E-state index contributed by atoms with van der Waals surface area (Å²) < 4.78 is 2.00. The van der Waals surface area contributed by atoms with Crippen molar-refractivity contribution in [3.05, 3.63) is 30.4 Å². The van der Waals surface area contributed by atoms with E-state index < -0.39 is 0 Å². The summed E-state index contributed by atoms with van der Waals surface area (Å²) in [5.41, 5.74) is 8.40. The largest absolute Gasteiger partial charge is 0.330 e. The standard InChI is InChI=1S/C12H17N5/c1-9(2)17-10(3-4-13)7-11(16-17)12-8-14-5-6-15-12/h5-9H,3-4,13H2,1-2H3. The molecular formula is C12H17N5. The van der Waals surface area contributed by atoms with E-state index in [1.807, 2.05) is 10.7 Å². The Balaban J connectivity index is 2.40. The maximum absolute atomic E-state index is 5.61. The zero-order valence-corrected chi connectivity index (χ0v) is 10.2. The van der Waals surface area contributed by atoms with Crippen LogP contribution < -0.4 is 5.73 Å². The molecule has 5 heteroatoms. The van der Waals surface area contributed by atoms with Gasteiger partial charge < -0.3 is 5.73 Å². The maximum Gasteiger partial charge on any atom is 0.113 e. The predicted octanol–water partition coefficient (Wildman–Crippen LogP) is 1.42. The van der Waals surface area contributed by atoms with Crippen molar-refractivity contribution >= 4 is 0 Å². The monoisotopic (exact) mass is 231 g/mol. The molecule has 0 spiro atoms. The topological polar surface area (TPSA) is 69.6 Å². The lowest BCUT2D eigenvalue weighted by Crippen LogP contribution is -2.11. The minimum absolute atomic E-state index is 0.321. The van der Waals surface area contributed by atoms with Crippen LogP contribution in [0.5, 0.6) is 0 Å². The summed E-state index contributed by atoms with van der Waals surface area (Å²) in [6.07, 6.45) is 5.88. The lowest BCUT2D eigenvalue weighted by molar-refractivity contribution is 0.510. The molecule has 2 heterocycles. The van der Waals surface area contributed by atoms with Crippen molar-refractivity contribution in [1.82, 2.24) is 19.7 Å². The Hall–Kier alpha value is -1.75. The maximum atomic E-state index is 5.61. The fourth-order valence-corrected chi connectivity index (χ4v) is 1.77. The number of rotatable bonds is 4. The van der Waals surface area contributed by atoms with Crippen LogP contribution in [0.4, 0.5) is 0 Å². The predicted molar refractivity (Wildman–Crippen MR) is 66.4 cm³/mol. The van der Waals surface area contributed by atoms with E-state index in [1.54, 1.807) is 18.6 Å². The number of aromatic nitrogens is 4. The van der Waals surface area contributed by atoms with E-state index >= 15 is 0 Å². The van der Waals surface area contributed by atoms with Gasteiger partial charge in [-0.15, -0.1) is 0 Å². The molecule has 0 saturated heterocycles. The first-order valence-electron chi connectivity index (χ1n) is 5.77. The first-order chi connectivity index (χ1) is 8.22. The van der Waals surface area contributed by atoms with Crippen LogP contribution in [0.3, 0.4) is 0 Å². The molecular weight excluding hydrogens is 214 g/mol. The highest BCUT2D eigenvalue weighted by atomic mass is 15.3. The van der Waals surface area contributed by atoms with Gasteiger partial charge in [0.2, 0.25) is 0 Å². The number of nitrogens with zero attached hydrogens (tertiary/aromatic N) is 4. The van der Waals surface area contributed by atoms with E-state index in [1.165, 1.54) is 0 Å². The molecule has 0 aliphatic heterocycles. The van der Waals surface area contributed by atoms with Gasteiger partial charge in [-0.25, -0.2) is 0 Å². The molecule has 2 rings (SSSR count). The Kier molecular flexibility index (Phi) is 3.49.